The summed E-state index contributed by atoms with van der Waals surface area (Å²) >= 11 is 0. The van der Waals surface area contributed by atoms with Gasteiger partial charge in [-0.2, -0.15) is 0 Å². The van der Waals surface area contributed by atoms with Crippen molar-refractivity contribution in [2.75, 3.05) is 7.11 Å². The van der Waals surface area contributed by atoms with Crippen molar-refractivity contribution >= 4 is 5.78 Å². The molecule has 4 saturated carbocycles. The Kier molecular flexibility index (Phi) is 5.03. The number of ether oxygens (including phenoxy) is 1. The van der Waals surface area contributed by atoms with Crippen LogP contribution < -0.4 is 4.74 Å². The Bertz CT molecular complexity index is 752. The minimum Gasteiger partial charge on any atom is -0.497 e. The van der Waals surface area contributed by atoms with Crippen LogP contribution in [0.2, 0.25) is 0 Å². The molecule has 0 aliphatic heterocycles. The van der Waals surface area contributed by atoms with E-state index in [1.54, 1.807) is 7.11 Å². The maximum Gasteiger partial charge on any atom is 0.166 e. The number of hydrogen-bond acceptors (Lipinski definition) is 2. The summed E-state index contributed by atoms with van der Waals surface area (Å²) in [6, 6.07) is 7.81. The maximum absolute atomic E-state index is 13.5. The van der Waals surface area contributed by atoms with Crippen LogP contribution in [0.5, 0.6) is 5.75 Å². The third-order valence-corrected chi connectivity index (χ3v) is 9.91. The first-order valence-electron chi connectivity index (χ1n) is 12.2. The molecular formula is C27H38O2. The number of ketones is 1. The molecule has 0 aromatic heterocycles. The van der Waals surface area contributed by atoms with Crippen molar-refractivity contribution in [2.45, 2.75) is 71.6 Å². The maximum atomic E-state index is 13.5. The molecule has 29 heavy (non-hydrogen) atoms. The van der Waals surface area contributed by atoms with Crippen molar-refractivity contribution in [1.82, 2.24) is 0 Å². The van der Waals surface area contributed by atoms with Gasteiger partial charge in [0.05, 0.1) is 7.11 Å². The Morgan fingerprint density at radius 1 is 0.931 bits per heavy atom. The molecule has 4 fully saturated rings. The molecular weight excluding hydrogens is 356 g/mol. The summed E-state index contributed by atoms with van der Waals surface area (Å²) in [6.07, 6.45) is 12.3. The third kappa shape index (κ3) is 3.17. The van der Waals surface area contributed by atoms with Gasteiger partial charge in [0.1, 0.15) is 5.75 Å². The van der Waals surface area contributed by atoms with Crippen LogP contribution in [-0.2, 0) is 0 Å². The Balaban J connectivity index is 1.35. The zero-order valence-electron chi connectivity index (χ0n) is 18.5. The second-order valence-corrected chi connectivity index (χ2v) is 11.1. The molecule has 5 rings (SSSR count). The van der Waals surface area contributed by atoms with Crippen LogP contribution in [-0.4, -0.2) is 12.9 Å². The smallest absolute Gasteiger partial charge is 0.166 e. The number of benzene rings is 1. The normalized spacial score (nSPS) is 43.8. The van der Waals surface area contributed by atoms with E-state index in [1.807, 2.05) is 24.3 Å². The first-order valence-corrected chi connectivity index (χ1v) is 12.2. The number of carbonyl (C=O) groups excluding carboxylic acids is 1. The summed E-state index contributed by atoms with van der Waals surface area (Å²) in [6.45, 7) is 4.94. The highest BCUT2D eigenvalue weighted by Crippen LogP contribution is 2.64. The lowest BCUT2D eigenvalue weighted by Crippen LogP contribution is -2.49. The van der Waals surface area contributed by atoms with Gasteiger partial charge >= 0.3 is 0 Å². The van der Waals surface area contributed by atoms with Crippen LogP contribution in [0, 0.1) is 46.8 Å². The second-order valence-electron chi connectivity index (χ2n) is 11.1. The van der Waals surface area contributed by atoms with E-state index in [0.29, 0.717) is 5.78 Å². The molecule has 1 aromatic rings. The summed E-state index contributed by atoms with van der Waals surface area (Å²) in [5.41, 5.74) is 1.09. The fourth-order valence-corrected chi connectivity index (χ4v) is 8.48. The van der Waals surface area contributed by atoms with E-state index in [1.165, 1.54) is 51.4 Å². The largest absolute Gasteiger partial charge is 0.497 e. The van der Waals surface area contributed by atoms with Gasteiger partial charge in [-0.25, -0.2) is 0 Å². The van der Waals surface area contributed by atoms with Crippen LogP contribution in [0.25, 0.3) is 0 Å². The number of methoxy groups -OCH3 is 1. The van der Waals surface area contributed by atoms with Gasteiger partial charge in [0.15, 0.2) is 5.78 Å². The highest BCUT2D eigenvalue weighted by atomic mass is 16.5. The van der Waals surface area contributed by atoms with Crippen molar-refractivity contribution in [1.29, 1.82) is 0 Å². The molecule has 7 unspecified atom stereocenters. The van der Waals surface area contributed by atoms with E-state index in [4.69, 9.17) is 4.74 Å². The molecule has 158 valence electrons. The summed E-state index contributed by atoms with van der Waals surface area (Å²) < 4.78 is 5.28. The zero-order valence-corrected chi connectivity index (χ0v) is 18.5. The predicted octanol–water partition coefficient (Wildman–Crippen LogP) is 6.78. The SMILES string of the molecule is COc1ccc(C(=O)[C@H]2CCC3C4CCC5CC(C)CCC5C4CCC32C)cc1. The van der Waals surface area contributed by atoms with Gasteiger partial charge in [0.2, 0.25) is 0 Å². The van der Waals surface area contributed by atoms with Gasteiger partial charge in [0, 0.05) is 11.5 Å². The number of hydrogen-bond donors (Lipinski definition) is 0. The summed E-state index contributed by atoms with van der Waals surface area (Å²) in [4.78, 5) is 13.5. The fraction of sp³-hybridized carbons (Fsp3) is 0.741. The Morgan fingerprint density at radius 3 is 2.45 bits per heavy atom. The minimum atomic E-state index is 0.214. The van der Waals surface area contributed by atoms with E-state index >= 15 is 0 Å². The van der Waals surface area contributed by atoms with E-state index in [0.717, 1.165) is 53.2 Å². The molecule has 4 aliphatic carbocycles. The van der Waals surface area contributed by atoms with Crippen molar-refractivity contribution in [3.05, 3.63) is 29.8 Å². The van der Waals surface area contributed by atoms with Crippen molar-refractivity contribution in [3.63, 3.8) is 0 Å². The molecule has 8 atom stereocenters. The average molecular weight is 395 g/mol. The lowest BCUT2D eigenvalue weighted by atomic mass is 9.49. The van der Waals surface area contributed by atoms with Gasteiger partial charge in [-0.3, -0.25) is 4.79 Å². The van der Waals surface area contributed by atoms with Gasteiger partial charge in [-0.15, -0.1) is 0 Å². The predicted molar refractivity (Wildman–Crippen MR) is 117 cm³/mol. The Hall–Kier alpha value is -1.31. The topological polar surface area (TPSA) is 26.3 Å². The second kappa shape index (κ2) is 7.43. The molecule has 0 heterocycles. The molecule has 2 nitrogen and oxygen atoms in total. The van der Waals surface area contributed by atoms with Crippen molar-refractivity contribution < 1.29 is 9.53 Å². The standard InChI is InChI=1S/C27H38O2/c1-17-4-10-21-19(16-17)7-11-23-22(21)14-15-27(2)24(23)12-13-25(27)26(28)18-5-8-20(29-3)9-6-18/h5-6,8-9,17,19,21-25H,4,7,10-16H2,1-3H3/t17?,19?,21?,22?,23?,24?,25-,27?/m1/s1. The van der Waals surface area contributed by atoms with Crippen molar-refractivity contribution in [3.8, 4) is 5.75 Å². The van der Waals surface area contributed by atoms with E-state index < -0.39 is 0 Å². The number of rotatable bonds is 3. The molecule has 2 heteroatoms. The number of Topliss-reactive ketones (excluding diaryl/α,β-unsaturated/α-hetero) is 1. The molecule has 0 bridgehead atoms. The van der Waals surface area contributed by atoms with Crippen LogP contribution >= 0.6 is 0 Å². The third-order valence-electron chi connectivity index (χ3n) is 9.91. The average Bonchev–Trinajstić information content (AvgIpc) is 3.10. The lowest BCUT2D eigenvalue weighted by Gasteiger charge is -2.56. The molecule has 0 spiro atoms. The summed E-state index contributed by atoms with van der Waals surface area (Å²) in [5, 5.41) is 0. The van der Waals surface area contributed by atoms with E-state index in [9.17, 15) is 4.79 Å². The van der Waals surface area contributed by atoms with E-state index in [2.05, 4.69) is 13.8 Å². The zero-order chi connectivity index (χ0) is 20.2. The van der Waals surface area contributed by atoms with Gasteiger partial charge in [-0.05, 0) is 117 Å². The molecule has 0 saturated heterocycles. The van der Waals surface area contributed by atoms with Crippen LogP contribution in [0.3, 0.4) is 0 Å². The molecule has 0 N–H and O–H groups in total. The molecule has 1 aromatic carbocycles. The Morgan fingerprint density at radius 2 is 1.69 bits per heavy atom. The van der Waals surface area contributed by atoms with Crippen LogP contribution in [0.15, 0.2) is 24.3 Å². The summed E-state index contributed by atoms with van der Waals surface area (Å²) in [7, 11) is 1.68. The van der Waals surface area contributed by atoms with Crippen molar-refractivity contribution in [2.24, 2.45) is 46.8 Å². The Labute approximate surface area is 176 Å². The first kappa shape index (κ1) is 19.6. The monoisotopic (exact) mass is 394 g/mol. The highest BCUT2D eigenvalue weighted by Gasteiger charge is 2.58. The quantitative estimate of drug-likeness (QED) is 0.528. The lowest BCUT2D eigenvalue weighted by molar-refractivity contribution is -0.0634. The minimum absolute atomic E-state index is 0.214. The highest BCUT2D eigenvalue weighted by molar-refractivity contribution is 5.98. The number of fused-ring (bicyclic) bond motifs is 5. The van der Waals surface area contributed by atoms with Gasteiger partial charge in [0.25, 0.3) is 0 Å². The van der Waals surface area contributed by atoms with Crippen LogP contribution in [0.4, 0.5) is 0 Å². The summed E-state index contributed by atoms with van der Waals surface area (Å²) in [5.74, 6) is 6.98. The fourth-order valence-electron chi connectivity index (χ4n) is 8.48. The first-order chi connectivity index (χ1) is 14.0. The molecule has 0 amide bonds. The van der Waals surface area contributed by atoms with Gasteiger partial charge in [-0.1, -0.05) is 20.3 Å². The molecule has 0 radical (unpaired) electrons. The van der Waals surface area contributed by atoms with Gasteiger partial charge < -0.3 is 4.74 Å². The number of carbonyl (C=O) groups is 1. The molecule has 4 aliphatic rings. The van der Waals surface area contributed by atoms with Crippen LogP contribution in [0.1, 0.15) is 82.0 Å². The van der Waals surface area contributed by atoms with E-state index in [-0.39, 0.29) is 11.3 Å².